The normalized spacial score (nSPS) is 18.0. The summed E-state index contributed by atoms with van der Waals surface area (Å²) in [4.78, 5) is 11.1. The van der Waals surface area contributed by atoms with Crippen molar-refractivity contribution in [2.24, 2.45) is 5.16 Å². The lowest BCUT2D eigenvalue weighted by atomic mass is 9.97. The number of aromatic carboxylic acids is 1. The molecular weight excluding hydrogens is 370 g/mol. The summed E-state index contributed by atoms with van der Waals surface area (Å²) < 4.78 is 0. The first kappa shape index (κ1) is 19.6. The standard InChI is InChI=1S/C21H27NO3Si2/c1-14-12-18-19(27(4,5)11-10-26(18,2)3)13-17(14)20(22-25)15-6-8-16(9-7-15)21(23)24/h6-9,12-13,25H,10-11H2,1-5H3,(H,23,24)/b22-20-. The van der Waals surface area contributed by atoms with Crippen LogP contribution in [-0.4, -0.2) is 38.1 Å². The first-order valence-electron chi connectivity index (χ1n) is 9.28. The van der Waals surface area contributed by atoms with Crippen molar-refractivity contribution in [3.05, 3.63) is 58.7 Å². The molecular formula is C21H27NO3Si2. The number of hydrogen-bond acceptors (Lipinski definition) is 3. The molecule has 0 bridgehead atoms. The molecule has 142 valence electrons. The van der Waals surface area contributed by atoms with E-state index in [-0.39, 0.29) is 5.56 Å². The second kappa shape index (κ2) is 6.76. The van der Waals surface area contributed by atoms with E-state index >= 15 is 0 Å². The molecule has 6 heteroatoms. The van der Waals surface area contributed by atoms with E-state index in [0.29, 0.717) is 5.71 Å². The molecule has 1 aliphatic heterocycles. The van der Waals surface area contributed by atoms with E-state index < -0.39 is 22.1 Å². The quantitative estimate of drug-likeness (QED) is 0.358. The van der Waals surface area contributed by atoms with Gasteiger partial charge in [0.1, 0.15) is 5.71 Å². The van der Waals surface area contributed by atoms with Crippen LogP contribution in [0.15, 0.2) is 41.6 Å². The summed E-state index contributed by atoms with van der Waals surface area (Å²) in [6, 6.07) is 13.7. The van der Waals surface area contributed by atoms with E-state index in [4.69, 9.17) is 5.11 Å². The molecule has 0 radical (unpaired) electrons. The van der Waals surface area contributed by atoms with Crippen LogP contribution in [0.2, 0.25) is 38.3 Å². The molecule has 3 rings (SSSR count). The fraction of sp³-hybridized carbons (Fsp3) is 0.333. The van der Waals surface area contributed by atoms with E-state index in [9.17, 15) is 10.0 Å². The molecule has 0 amide bonds. The number of nitrogens with zero attached hydrogens (tertiary/aromatic N) is 1. The van der Waals surface area contributed by atoms with Crippen LogP contribution in [0.3, 0.4) is 0 Å². The van der Waals surface area contributed by atoms with Crippen LogP contribution in [0.1, 0.15) is 27.0 Å². The SMILES string of the molecule is Cc1cc2c(cc1/C(=N\O)c1ccc(C(=O)O)cc1)[Si](C)(C)CC[Si]2(C)C. The third-order valence-electron chi connectivity index (χ3n) is 5.96. The van der Waals surface area contributed by atoms with Crippen molar-refractivity contribution in [2.45, 2.75) is 45.2 Å². The molecule has 0 atom stereocenters. The minimum atomic E-state index is -1.52. The van der Waals surface area contributed by atoms with Gasteiger partial charge < -0.3 is 10.3 Å². The van der Waals surface area contributed by atoms with Gasteiger partial charge in [0.15, 0.2) is 0 Å². The molecule has 2 N–H and O–H groups in total. The summed E-state index contributed by atoms with van der Waals surface area (Å²) in [5.41, 5.74) is 3.49. The fourth-order valence-electron chi connectivity index (χ4n) is 4.02. The van der Waals surface area contributed by atoms with E-state index in [1.54, 1.807) is 29.5 Å². The van der Waals surface area contributed by atoms with Crippen LogP contribution in [0.5, 0.6) is 0 Å². The number of carboxylic acids is 1. The third kappa shape index (κ3) is 3.51. The molecule has 2 aromatic carbocycles. The number of hydrogen-bond donors (Lipinski definition) is 2. The molecule has 0 saturated carbocycles. The molecule has 0 spiro atoms. The Morgan fingerprint density at radius 2 is 1.41 bits per heavy atom. The van der Waals surface area contributed by atoms with E-state index in [2.05, 4.69) is 50.4 Å². The van der Waals surface area contributed by atoms with E-state index in [0.717, 1.165) is 16.7 Å². The van der Waals surface area contributed by atoms with Gasteiger partial charge in [-0.2, -0.15) is 0 Å². The molecule has 0 aromatic heterocycles. The second-order valence-electron chi connectivity index (χ2n) is 8.81. The van der Waals surface area contributed by atoms with Crippen LogP contribution in [0, 0.1) is 6.92 Å². The van der Waals surface area contributed by atoms with Gasteiger partial charge in [0, 0.05) is 11.1 Å². The highest BCUT2D eigenvalue weighted by molar-refractivity contribution is 7.03. The summed E-state index contributed by atoms with van der Waals surface area (Å²) in [6.07, 6.45) is 0. The highest BCUT2D eigenvalue weighted by Gasteiger charge is 2.40. The molecule has 0 unspecified atom stereocenters. The van der Waals surface area contributed by atoms with Crippen LogP contribution < -0.4 is 10.4 Å². The Hall–Kier alpha value is -2.19. The van der Waals surface area contributed by atoms with Crippen molar-refractivity contribution < 1.29 is 15.1 Å². The minimum absolute atomic E-state index is 0.222. The van der Waals surface area contributed by atoms with Crippen molar-refractivity contribution in [1.82, 2.24) is 0 Å². The van der Waals surface area contributed by atoms with Crippen molar-refractivity contribution in [1.29, 1.82) is 0 Å². The van der Waals surface area contributed by atoms with Gasteiger partial charge in [0.2, 0.25) is 0 Å². The molecule has 4 nitrogen and oxygen atoms in total. The van der Waals surface area contributed by atoms with Crippen LogP contribution in [0.25, 0.3) is 0 Å². The first-order chi connectivity index (χ1) is 12.6. The fourth-order valence-corrected chi connectivity index (χ4v) is 14.3. The average molecular weight is 398 g/mol. The van der Waals surface area contributed by atoms with Gasteiger partial charge in [-0.15, -0.1) is 0 Å². The smallest absolute Gasteiger partial charge is 0.335 e. The minimum Gasteiger partial charge on any atom is -0.478 e. The summed E-state index contributed by atoms with van der Waals surface area (Å²) >= 11 is 0. The number of oxime groups is 1. The summed E-state index contributed by atoms with van der Waals surface area (Å²) in [7, 11) is -2.95. The van der Waals surface area contributed by atoms with Gasteiger partial charge >= 0.3 is 5.97 Å². The first-order valence-corrected chi connectivity index (χ1v) is 15.7. The maximum atomic E-state index is 11.1. The molecule has 1 heterocycles. The highest BCUT2D eigenvalue weighted by atomic mass is 28.3. The zero-order chi connectivity index (χ0) is 20.0. The lowest BCUT2D eigenvalue weighted by Gasteiger charge is -2.40. The number of fused-ring (bicyclic) bond motifs is 1. The van der Waals surface area contributed by atoms with Crippen LogP contribution >= 0.6 is 0 Å². The molecule has 2 aromatic rings. The Kier molecular flexibility index (Phi) is 4.90. The third-order valence-corrected chi connectivity index (χ3v) is 13.5. The monoisotopic (exact) mass is 397 g/mol. The van der Waals surface area contributed by atoms with E-state index in [1.165, 1.54) is 17.3 Å². The number of rotatable bonds is 3. The summed E-state index contributed by atoms with van der Waals surface area (Å²) in [5, 5.41) is 25.5. The van der Waals surface area contributed by atoms with Crippen molar-refractivity contribution in [3.8, 4) is 0 Å². The number of carbonyl (C=O) groups is 1. The van der Waals surface area contributed by atoms with Crippen molar-refractivity contribution in [2.75, 3.05) is 0 Å². The van der Waals surface area contributed by atoms with E-state index in [1.807, 2.05) is 0 Å². The molecule has 0 fully saturated rings. The summed E-state index contributed by atoms with van der Waals surface area (Å²) in [5.74, 6) is -0.964. The Morgan fingerprint density at radius 1 is 0.926 bits per heavy atom. The molecule has 0 saturated heterocycles. The predicted molar refractivity (Wildman–Crippen MR) is 116 cm³/mol. The van der Waals surface area contributed by atoms with Gasteiger partial charge in [-0.25, -0.2) is 4.79 Å². The maximum absolute atomic E-state index is 11.1. The Morgan fingerprint density at radius 3 is 1.89 bits per heavy atom. The Labute approximate surface area is 162 Å². The number of benzene rings is 2. The van der Waals surface area contributed by atoms with Gasteiger partial charge in [-0.05, 0) is 24.6 Å². The van der Waals surface area contributed by atoms with Gasteiger partial charge in [0.05, 0.1) is 21.7 Å². The van der Waals surface area contributed by atoms with Gasteiger partial charge in [-0.1, -0.05) is 78.1 Å². The van der Waals surface area contributed by atoms with Gasteiger partial charge in [-0.3, -0.25) is 0 Å². The average Bonchev–Trinajstić information content (AvgIpc) is 2.61. The number of aryl methyl sites for hydroxylation is 1. The molecule has 1 aliphatic rings. The largest absolute Gasteiger partial charge is 0.478 e. The van der Waals surface area contributed by atoms with Crippen molar-refractivity contribution in [3.63, 3.8) is 0 Å². The highest BCUT2D eigenvalue weighted by Crippen LogP contribution is 2.27. The molecule has 27 heavy (non-hydrogen) atoms. The van der Waals surface area contributed by atoms with Gasteiger partial charge in [0.25, 0.3) is 0 Å². The topological polar surface area (TPSA) is 69.9 Å². The van der Waals surface area contributed by atoms with Crippen molar-refractivity contribution >= 4 is 38.2 Å². The Bertz CT molecular complexity index is 931. The summed E-state index contributed by atoms with van der Waals surface area (Å²) in [6.45, 7) is 11.8. The Balaban J connectivity index is 2.15. The lowest BCUT2D eigenvalue weighted by Crippen LogP contribution is -2.63. The van der Waals surface area contributed by atoms with Crippen LogP contribution in [-0.2, 0) is 0 Å². The zero-order valence-electron chi connectivity index (χ0n) is 16.6. The number of carboxylic acid groups (broad SMARTS) is 1. The maximum Gasteiger partial charge on any atom is 0.335 e. The molecule has 0 aliphatic carbocycles. The zero-order valence-corrected chi connectivity index (χ0v) is 18.6. The predicted octanol–water partition coefficient (Wildman–Crippen LogP) is 3.76. The lowest BCUT2D eigenvalue weighted by molar-refractivity contribution is 0.0697. The van der Waals surface area contributed by atoms with Crippen LogP contribution in [0.4, 0.5) is 0 Å². The second-order valence-corrected chi connectivity index (χ2v) is 18.4.